The van der Waals surface area contributed by atoms with Crippen molar-refractivity contribution in [2.45, 2.75) is 38.1 Å². The number of fused-ring (bicyclic) bond motifs is 2. The zero-order valence-electron chi connectivity index (χ0n) is 13.8. The molecule has 3 nitrogen and oxygen atoms in total. The minimum absolute atomic E-state index is 0.236. The number of piperidine rings is 1. The SMILES string of the molecule is O=C(Cc1ccccc1)N1CC2CCC1Cc1cc(O)ccc1C2. The Hall–Kier alpha value is -2.29. The number of benzene rings is 2. The molecule has 0 radical (unpaired) electrons. The van der Waals surface area contributed by atoms with Gasteiger partial charge in [0.1, 0.15) is 5.75 Å². The van der Waals surface area contributed by atoms with E-state index in [4.69, 9.17) is 0 Å². The number of phenolic OH excluding ortho intramolecular Hbond substituents is 1. The molecule has 0 saturated carbocycles. The van der Waals surface area contributed by atoms with E-state index in [9.17, 15) is 9.90 Å². The second kappa shape index (κ2) is 6.31. The van der Waals surface area contributed by atoms with Crippen LogP contribution in [0.25, 0.3) is 0 Å². The maximum atomic E-state index is 12.9. The van der Waals surface area contributed by atoms with Crippen LogP contribution in [0.4, 0.5) is 0 Å². The Balaban J connectivity index is 1.57. The topological polar surface area (TPSA) is 40.5 Å². The molecule has 0 spiro atoms. The lowest BCUT2D eigenvalue weighted by atomic mass is 9.80. The summed E-state index contributed by atoms with van der Waals surface area (Å²) < 4.78 is 0. The lowest BCUT2D eigenvalue weighted by molar-refractivity contribution is -0.135. The van der Waals surface area contributed by atoms with Gasteiger partial charge >= 0.3 is 0 Å². The molecule has 2 atom stereocenters. The molecule has 2 unspecified atom stereocenters. The molecule has 124 valence electrons. The summed E-state index contributed by atoms with van der Waals surface area (Å²) in [4.78, 5) is 15.0. The number of phenols is 1. The van der Waals surface area contributed by atoms with E-state index in [1.54, 1.807) is 6.07 Å². The molecule has 1 saturated heterocycles. The average Bonchev–Trinajstić information content (AvgIpc) is 2.56. The molecule has 1 N–H and O–H groups in total. The number of rotatable bonds is 2. The van der Waals surface area contributed by atoms with E-state index < -0.39 is 0 Å². The summed E-state index contributed by atoms with van der Waals surface area (Å²) in [7, 11) is 0. The van der Waals surface area contributed by atoms with Crippen molar-refractivity contribution in [3.05, 3.63) is 65.2 Å². The van der Waals surface area contributed by atoms with E-state index in [2.05, 4.69) is 11.0 Å². The van der Waals surface area contributed by atoms with Gasteiger partial charge in [-0.05, 0) is 60.4 Å². The second-order valence-corrected chi connectivity index (χ2v) is 7.17. The smallest absolute Gasteiger partial charge is 0.227 e. The first kappa shape index (κ1) is 15.3. The lowest BCUT2D eigenvalue weighted by Crippen LogP contribution is -2.50. The summed E-state index contributed by atoms with van der Waals surface area (Å²) in [5.41, 5.74) is 3.64. The molecule has 1 fully saturated rings. The van der Waals surface area contributed by atoms with E-state index in [1.165, 1.54) is 17.5 Å². The molecule has 1 amide bonds. The van der Waals surface area contributed by atoms with Crippen LogP contribution in [0.15, 0.2) is 48.5 Å². The molecule has 3 heteroatoms. The average molecular weight is 321 g/mol. The highest BCUT2D eigenvalue weighted by Crippen LogP contribution is 2.33. The Morgan fingerprint density at radius 2 is 1.88 bits per heavy atom. The molecular weight excluding hydrogens is 298 g/mol. The van der Waals surface area contributed by atoms with Crippen molar-refractivity contribution in [1.82, 2.24) is 4.90 Å². The van der Waals surface area contributed by atoms with Gasteiger partial charge in [0.25, 0.3) is 0 Å². The highest BCUT2D eigenvalue weighted by Gasteiger charge is 2.34. The summed E-state index contributed by atoms with van der Waals surface area (Å²) in [6, 6.07) is 16.0. The Labute approximate surface area is 142 Å². The first-order valence-corrected chi connectivity index (χ1v) is 8.83. The van der Waals surface area contributed by atoms with Gasteiger partial charge in [0.15, 0.2) is 0 Å². The van der Waals surface area contributed by atoms with Crippen molar-refractivity contribution in [3.8, 4) is 5.75 Å². The lowest BCUT2D eigenvalue weighted by Gasteiger charge is -2.42. The third-order valence-electron chi connectivity index (χ3n) is 5.48. The molecule has 24 heavy (non-hydrogen) atoms. The van der Waals surface area contributed by atoms with Gasteiger partial charge in [-0.2, -0.15) is 0 Å². The van der Waals surface area contributed by atoms with Crippen LogP contribution < -0.4 is 0 Å². The first-order valence-electron chi connectivity index (χ1n) is 8.83. The number of nitrogens with zero attached hydrogens (tertiary/aromatic N) is 1. The van der Waals surface area contributed by atoms with Gasteiger partial charge in [0, 0.05) is 12.6 Å². The van der Waals surface area contributed by atoms with Crippen LogP contribution in [0.5, 0.6) is 5.75 Å². The van der Waals surface area contributed by atoms with Crippen molar-refractivity contribution in [3.63, 3.8) is 0 Å². The van der Waals surface area contributed by atoms with Gasteiger partial charge in [0.05, 0.1) is 6.42 Å². The maximum Gasteiger partial charge on any atom is 0.227 e. The van der Waals surface area contributed by atoms with E-state index in [0.29, 0.717) is 18.1 Å². The van der Waals surface area contributed by atoms with Gasteiger partial charge < -0.3 is 10.0 Å². The van der Waals surface area contributed by atoms with E-state index in [1.807, 2.05) is 36.4 Å². The molecule has 2 aromatic rings. The van der Waals surface area contributed by atoms with Crippen molar-refractivity contribution >= 4 is 5.91 Å². The van der Waals surface area contributed by atoms with Crippen LogP contribution in [0.2, 0.25) is 0 Å². The Morgan fingerprint density at radius 3 is 2.71 bits per heavy atom. The Morgan fingerprint density at radius 1 is 1.04 bits per heavy atom. The largest absolute Gasteiger partial charge is 0.508 e. The monoisotopic (exact) mass is 321 g/mol. The molecule has 2 aliphatic heterocycles. The molecule has 2 bridgehead atoms. The first-order chi connectivity index (χ1) is 11.7. The fourth-order valence-electron chi connectivity index (χ4n) is 4.23. The third-order valence-corrected chi connectivity index (χ3v) is 5.48. The number of aromatic hydroxyl groups is 1. The molecule has 1 aliphatic carbocycles. The van der Waals surface area contributed by atoms with Gasteiger partial charge in [-0.1, -0.05) is 36.4 Å². The zero-order chi connectivity index (χ0) is 16.5. The minimum atomic E-state index is 0.236. The van der Waals surface area contributed by atoms with Gasteiger partial charge in [-0.15, -0.1) is 0 Å². The highest BCUT2D eigenvalue weighted by molar-refractivity contribution is 5.79. The molecular formula is C21H23NO2. The van der Waals surface area contributed by atoms with Crippen LogP contribution in [0.1, 0.15) is 29.5 Å². The van der Waals surface area contributed by atoms with Crippen LogP contribution in [-0.2, 0) is 24.1 Å². The quantitative estimate of drug-likeness (QED) is 0.921. The molecule has 5 rings (SSSR count). The molecule has 3 aliphatic rings. The fraction of sp³-hybridized carbons (Fsp3) is 0.381. The van der Waals surface area contributed by atoms with E-state index >= 15 is 0 Å². The fourth-order valence-corrected chi connectivity index (χ4v) is 4.23. The second-order valence-electron chi connectivity index (χ2n) is 7.17. The molecule has 0 aromatic heterocycles. The number of carbonyl (C=O) groups is 1. The summed E-state index contributed by atoms with van der Waals surface area (Å²) in [5, 5.41) is 9.81. The van der Waals surface area contributed by atoms with Crippen LogP contribution >= 0.6 is 0 Å². The number of hydrogen-bond acceptors (Lipinski definition) is 2. The number of hydrogen-bond donors (Lipinski definition) is 1. The maximum absolute atomic E-state index is 12.9. The summed E-state index contributed by atoms with van der Waals surface area (Å²) >= 11 is 0. The van der Waals surface area contributed by atoms with E-state index in [-0.39, 0.29) is 11.9 Å². The third kappa shape index (κ3) is 3.03. The standard InChI is InChI=1S/C21H23NO2/c23-20-9-7-17-10-16-6-8-19(12-18(17)13-20)22(14-16)21(24)11-15-4-2-1-3-5-15/h1-5,7,9,13,16,19,23H,6,8,10-12,14H2. The summed E-state index contributed by atoms with van der Waals surface area (Å²) in [6.45, 7) is 0.872. The van der Waals surface area contributed by atoms with Crippen molar-refractivity contribution in [1.29, 1.82) is 0 Å². The summed E-state index contributed by atoms with van der Waals surface area (Å²) in [6.07, 6.45) is 4.62. The van der Waals surface area contributed by atoms with Crippen LogP contribution in [-0.4, -0.2) is 28.5 Å². The van der Waals surface area contributed by atoms with Crippen LogP contribution in [0.3, 0.4) is 0 Å². The number of amides is 1. The van der Waals surface area contributed by atoms with Crippen molar-refractivity contribution in [2.75, 3.05) is 6.54 Å². The highest BCUT2D eigenvalue weighted by atomic mass is 16.3. The van der Waals surface area contributed by atoms with Gasteiger partial charge in [-0.3, -0.25) is 4.79 Å². The zero-order valence-corrected chi connectivity index (χ0v) is 13.8. The molecule has 2 heterocycles. The van der Waals surface area contributed by atoms with Gasteiger partial charge in [0.2, 0.25) is 5.91 Å². The predicted molar refractivity (Wildman–Crippen MR) is 93.9 cm³/mol. The van der Waals surface area contributed by atoms with Gasteiger partial charge in [-0.25, -0.2) is 0 Å². The Bertz CT molecular complexity index is 741. The summed E-state index contributed by atoms with van der Waals surface area (Å²) in [5.74, 6) is 1.09. The van der Waals surface area contributed by atoms with Crippen molar-refractivity contribution in [2.24, 2.45) is 5.92 Å². The molecule has 2 aromatic carbocycles. The number of carbonyl (C=O) groups excluding carboxylic acids is 1. The predicted octanol–water partition coefficient (Wildman–Crippen LogP) is 3.34. The van der Waals surface area contributed by atoms with Crippen LogP contribution in [0, 0.1) is 5.92 Å². The minimum Gasteiger partial charge on any atom is -0.508 e. The van der Waals surface area contributed by atoms with Crippen molar-refractivity contribution < 1.29 is 9.90 Å². The Kier molecular flexibility index (Phi) is 4.01. The van der Waals surface area contributed by atoms with E-state index in [0.717, 1.165) is 31.4 Å². The normalized spacial score (nSPS) is 22.6.